The quantitative estimate of drug-likeness (QED) is 0.846. The number of aryl methyl sites for hydroxylation is 1. The average molecular weight is 280 g/mol. The SMILES string of the molecule is Cn1cc([C@H]2CNC[C@@H]2C(=O)N2CCSCC2)cn1. The fraction of sp³-hybridized carbons (Fsp3) is 0.692. The molecule has 0 unspecified atom stereocenters. The summed E-state index contributed by atoms with van der Waals surface area (Å²) >= 11 is 1.94. The predicted molar refractivity (Wildman–Crippen MR) is 76.2 cm³/mol. The number of carbonyl (C=O) groups is 1. The molecule has 5 nitrogen and oxygen atoms in total. The van der Waals surface area contributed by atoms with Gasteiger partial charge in [-0.3, -0.25) is 9.48 Å². The molecule has 1 amide bonds. The summed E-state index contributed by atoms with van der Waals surface area (Å²) in [5.74, 6) is 2.81. The molecule has 1 aromatic rings. The first-order valence-corrected chi connectivity index (χ1v) is 7.97. The molecule has 19 heavy (non-hydrogen) atoms. The monoisotopic (exact) mass is 280 g/mol. The third-order valence-electron chi connectivity index (χ3n) is 4.01. The van der Waals surface area contributed by atoms with Crippen LogP contribution in [0.5, 0.6) is 0 Å². The first kappa shape index (κ1) is 13.0. The standard InChI is InChI=1S/C13H20N4OS/c1-16-9-10(6-15-16)11-7-14-8-12(11)13(18)17-2-4-19-5-3-17/h6,9,11-12,14H,2-5,7-8H2,1H3/t11-,12+/m1/s1. The Morgan fingerprint density at radius 2 is 2.21 bits per heavy atom. The summed E-state index contributed by atoms with van der Waals surface area (Å²) in [6.45, 7) is 3.48. The molecule has 3 rings (SSSR count). The van der Waals surface area contributed by atoms with Crippen LogP contribution in [0.2, 0.25) is 0 Å². The van der Waals surface area contributed by atoms with E-state index < -0.39 is 0 Å². The Balaban J connectivity index is 1.73. The van der Waals surface area contributed by atoms with Crippen molar-refractivity contribution in [2.75, 3.05) is 37.7 Å². The van der Waals surface area contributed by atoms with Crippen LogP contribution in [0.25, 0.3) is 0 Å². The second-order valence-electron chi connectivity index (χ2n) is 5.26. The lowest BCUT2D eigenvalue weighted by atomic mass is 9.90. The molecule has 1 N–H and O–H groups in total. The maximum absolute atomic E-state index is 12.6. The number of rotatable bonds is 2. The van der Waals surface area contributed by atoms with Crippen molar-refractivity contribution in [2.24, 2.45) is 13.0 Å². The zero-order chi connectivity index (χ0) is 13.2. The molecule has 2 saturated heterocycles. The van der Waals surface area contributed by atoms with E-state index in [0.717, 1.165) is 37.7 Å². The van der Waals surface area contributed by atoms with Gasteiger partial charge in [0.1, 0.15) is 0 Å². The molecule has 6 heteroatoms. The third kappa shape index (κ3) is 2.65. The normalized spacial score (nSPS) is 27.7. The van der Waals surface area contributed by atoms with Crippen LogP contribution in [-0.4, -0.2) is 58.3 Å². The van der Waals surface area contributed by atoms with E-state index in [-0.39, 0.29) is 11.8 Å². The number of thioether (sulfide) groups is 1. The lowest BCUT2D eigenvalue weighted by molar-refractivity contribution is -0.134. The van der Waals surface area contributed by atoms with E-state index in [4.69, 9.17) is 0 Å². The summed E-state index contributed by atoms with van der Waals surface area (Å²) in [4.78, 5) is 14.7. The van der Waals surface area contributed by atoms with Crippen molar-refractivity contribution in [3.8, 4) is 0 Å². The molecular formula is C13H20N4OS. The Bertz CT molecular complexity index is 455. The lowest BCUT2D eigenvalue weighted by Crippen LogP contribution is -2.43. The van der Waals surface area contributed by atoms with Gasteiger partial charge in [0.05, 0.1) is 12.1 Å². The van der Waals surface area contributed by atoms with E-state index >= 15 is 0 Å². The summed E-state index contributed by atoms with van der Waals surface area (Å²) in [5.41, 5.74) is 1.18. The zero-order valence-electron chi connectivity index (χ0n) is 11.2. The summed E-state index contributed by atoms with van der Waals surface area (Å²) in [6, 6.07) is 0. The van der Waals surface area contributed by atoms with Crippen molar-refractivity contribution < 1.29 is 4.79 Å². The molecule has 0 spiro atoms. The maximum atomic E-state index is 12.6. The van der Waals surface area contributed by atoms with E-state index in [9.17, 15) is 4.79 Å². The fourth-order valence-corrected chi connectivity index (χ4v) is 3.84. The number of amides is 1. The summed E-state index contributed by atoms with van der Waals surface area (Å²) in [6.07, 6.45) is 3.92. The van der Waals surface area contributed by atoms with Gasteiger partial charge in [-0.2, -0.15) is 16.9 Å². The highest BCUT2D eigenvalue weighted by Gasteiger charge is 2.37. The van der Waals surface area contributed by atoms with E-state index in [1.54, 1.807) is 0 Å². The third-order valence-corrected chi connectivity index (χ3v) is 4.95. The van der Waals surface area contributed by atoms with Gasteiger partial charge in [-0.25, -0.2) is 0 Å². The van der Waals surface area contributed by atoms with Crippen LogP contribution in [0.15, 0.2) is 12.4 Å². The van der Waals surface area contributed by atoms with Crippen molar-refractivity contribution >= 4 is 17.7 Å². The molecule has 0 aromatic carbocycles. The molecule has 0 aliphatic carbocycles. The van der Waals surface area contributed by atoms with Gasteiger partial charge in [0.2, 0.25) is 5.91 Å². The van der Waals surface area contributed by atoms with Crippen molar-refractivity contribution in [3.05, 3.63) is 18.0 Å². The first-order valence-electron chi connectivity index (χ1n) is 6.81. The molecule has 104 valence electrons. The van der Waals surface area contributed by atoms with Crippen LogP contribution in [0.4, 0.5) is 0 Å². The van der Waals surface area contributed by atoms with Gasteiger partial charge in [0.25, 0.3) is 0 Å². The van der Waals surface area contributed by atoms with Gasteiger partial charge in [-0.05, 0) is 5.56 Å². The van der Waals surface area contributed by atoms with E-state index in [0.29, 0.717) is 5.91 Å². The van der Waals surface area contributed by atoms with Crippen LogP contribution in [0.3, 0.4) is 0 Å². The van der Waals surface area contributed by atoms with Gasteiger partial charge in [0.15, 0.2) is 0 Å². The van der Waals surface area contributed by atoms with Crippen molar-refractivity contribution in [1.29, 1.82) is 0 Å². The van der Waals surface area contributed by atoms with Crippen LogP contribution in [0, 0.1) is 5.92 Å². The van der Waals surface area contributed by atoms with Crippen molar-refractivity contribution in [1.82, 2.24) is 20.0 Å². The molecule has 0 saturated carbocycles. The molecule has 2 aliphatic heterocycles. The van der Waals surface area contributed by atoms with Gasteiger partial charge < -0.3 is 10.2 Å². The van der Waals surface area contributed by atoms with Crippen LogP contribution < -0.4 is 5.32 Å². The molecule has 2 aliphatic rings. The largest absolute Gasteiger partial charge is 0.341 e. The summed E-state index contributed by atoms with van der Waals surface area (Å²) < 4.78 is 1.81. The molecule has 1 aromatic heterocycles. The smallest absolute Gasteiger partial charge is 0.227 e. The van der Waals surface area contributed by atoms with E-state index in [2.05, 4.69) is 10.4 Å². The predicted octanol–water partition coefficient (Wildman–Crippen LogP) is 0.299. The fourth-order valence-electron chi connectivity index (χ4n) is 2.94. The Kier molecular flexibility index (Phi) is 3.79. The highest BCUT2D eigenvalue weighted by molar-refractivity contribution is 7.99. The van der Waals surface area contributed by atoms with Gasteiger partial charge >= 0.3 is 0 Å². The molecule has 2 atom stereocenters. The second kappa shape index (κ2) is 5.54. The van der Waals surface area contributed by atoms with Gasteiger partial charge in [-0.1, -0.05) is 0 Å². The lowest BCUT2D eigenvalue weighted by Gasteiger charge is -2.30. The number of hydrogen-bond acceptors (Lipinski definition) is 4. The highest BCUT2D eigenvalue weighted by atomic mass is 32.2. The summed E-state index contributed by atoms with van der Waals surface area (Å²) in [5, 5.41) is 7.59. The topological polar surface area (TPSA) is 50.2 Å². The van der Waals surface area contributed by atoms with Gasteiger partial charge in [-0.15, -0.1) is 0 Å². The average Bonchev–Trinajstić information content (AvgIpc) is 3.07. The Hall–Kier alpha value is -1.01. The Morgan fingerprint density at radius 3 is 2.89 bits per heavy atom. The molecule has 0 bridgehead atoms. The molecule has 2 fully saturated rings. The number of nitrogens with one attached hydrogen (secondary N) is 1. The number of aromatic nitrogens is 2. The number of carbonyl (C=O) groups excluding carboxylic acids is 1. The maximum Gasteiger partial charge on any atom is 0.227 e. The van der Waals surface area contributed by atoms with Crippen LogP contribution in [-0.2, 0) is 11.8 Å². The van der Waals surface area contributed by atoms with Gasteiger partial charge in [0, 0.05) is 56.8 Å². The zero-order valence-corrected chi connectivity index (χ0v) is 12.0. The van der Waals surface area contributed by atoms with Crippen molar-refractivity contribution in [2.45, 2.75) is 5.92 Å². The van der Waals surface area contributed by atoms with E-state index in [1.807, 2.05) is 40.8 Å². The Morgan fingerprint density at radius 1 is 1.42 bits per heavy atom. The van der Waals surface area contributed by atoms with E-state index in [1.165, 1.54) is 5.56 Å². The Labute approximate surface area is 117 Å². The summed E-state index contributed by atoms with van der Waals surface area (Å²) in [7, 11) is 1.92. The minimum absolute atomic E-state index is 0.0762. The number of nitrogens with zero attached hydrogens (tertiary/aromatic N) is 3. The minimum Gasteiger partial charge on any atom is -0.341 e. The van der Waals surface area contributed by atoms with Crippen molar-refractivity contribution in [3.63, 3.8) is 0 Å². The molecular weight excluding hydrogens is 260 g/mol. The molecule has 3 heterocycles. The first-order chi connectivity index (χ1) is 9.25. The number of hydrogen-bond donors (Lipinski definition) is 1. The van der Waals surface area contributed by atoms with Crippen LogP contribution in [0.1, 0.15) is 11.5 Å². The highest BCUT2D eigenvalue weighted by Crippen LogP contribution is 2.29. The van der Waals surface area contributed by atoms with Crippen LogP contribution >= 0.6 is 11.8 Å². The minimum atomic E-state index is 0.0762. The molecule has 0 radical (unpaired) electrons. The second-order valence-corrected chi connectivity index (χ2v) is 6.48.